The normalized spacial score (nSPS) is 16.5. The van der Waals surface area contributed by atoms with Gasteiger partial charge in [-0.2, -0.15) is 0 Å². The van der Waals surface area contributed by atoms with Crippen molar-refractivity contribution in [3.8, 4) is 23.0 Å². The van der Waals surface area contributed by atoms with E-state index in [1.807, 2.05) is 53.6 Å². The molecule has 0 bridgehead atoms. The third kappa shape index (κ3) is 24.3. The van der Waals surface area contributed by atoms with Gasteiger partial charge in [-0.25, -0.2) is 9.69 Å². The number of amides is 9. The van der Waals surface area contributed by atoms with Crippen molar-refractivity contribution in [2.45, 2.75) is 103 Å². The summed E-state index contributed by atoms with van der Waals surface area (Å²) in [5, 5.41) is 23.3. The number of carbonyl (C=O) groups excluding carboxylic acids is 9. The lowest BCUT2D eigenvalue weighted by Gasteiger charge is -2.39. The summed E-state index contributed by atoms with van der Waals surface area (Å²) < 4.78 is 74.1. The maximum absolute atomic E-state index is 14.7. The molecule has 0 saturated carbocycles. The molecule has 0 spiro atoms. The van der Waals surface area contributed by atoms with Crippen LogP contribution in [0.25, 0.3) is 0 Å². The number of hydrogen-bond donors (Lipinski definition) is 5. The largest absolute Gasteiger partial charge is 0.493 e. The maximum atomic E-state index is 14.7. The number of carbonyl (C=O) groups is 9. The van der Waals surface area contributed by atoms with Crippen LogP contribution in [-0.2, 0) is 104 Å². The predicted molar refractivity (Wildman–Crippen MR) is 410 cm³/mol. The molecule has 5 heterocycles. The van der Waals surface area contributed by atoms with E-state index in [9.17, 15) is 48.3 Å². The molecule has 5 atom stereocenters. The number of fused-ring (bicyclic) bond motifs is 6. The average Bonchev–Trinajstić information content (AvgIpc) is 1.61. The minimum atomic E-state index is -1.59. The molecule has 9 amide bonds. The summed E-state index contributed by atoms with van der Waals surface area (Å²) in [4.78, 5) is 128. The third-order valence-electron chi connectivity index (χ3n) is 19.1. The van der Waals surface area contributed by atoms with Crippen molar-refractivity contribution in [3.05, 3.63) is 148 Å². The smallest absolute Gasteiger partial charge is 0.416 e. The molecule has 0 saturated heterocycles. The van der Waals surface area contributed by atoms with Gasteiger partial charge in [0, 0.05) is 81.6 Å². The van der Waals surface area contributed by atoms with Crippen molar-refractivity contribution in [2.75, 3.05) is 156 Å². The number of aliphatic hydroxyl groups excluding tert-OH is 1. The van der Waals surface area contributed by atoms with Crippen LogP contribution in [0.3, 0.4) is 0 Å². The van der Waals surface area contributed by atoms with Gasteiger partial charge < -0.3 is 97.8 Å². The van der Waals surface area contributed by atoms with Gasteiger partial charge in [0.25, 0.3) is 23.6 Å². The van der Waals surface area contributed by atoms with E-state index in [-0.39, 0.29) is 119 Å². The highest BCUT2D eigenvalue weighted by molar-refractivity contribution is 6.13. The number of nitrogens with zero attached hydrogens (tertiary/aromatic N) is 5. The zero-order chi connectivity index (χ0) is 80.0. The Bertz CT molecular complexity index is 4120. The standard InChI is InChI=1S/C81H101N9O23/c1-53(2)75(86-72(92)22-27-103-29-31-105-33-35-107-37-39-109-41-42-110-40-38-108-36-34-106-32-30-104-28-23-82-71(91)21-24-87-73(93)19-20-74(87)94)77(96)84-54(3)76(95)85-60-17-15-55(16-18-60)52-113-81(100)90-65-48-70(68(102-5)46-63(65)79(98)89-51-59-14-9-7-12-57(59)44-66(89)80(90)99)112-26-10-25-111-69-47-64-62(45-67(69)101-4)78(97)88-50-58-13-8-6-11-56(58)43-61(88)49-83-64/h6-9,11-20,45-49,53-54,61,66,75,80,99H,10,21-44,50-52H2,1-5H3,(H,82,91)(H,84,96)(H,85,95)(H,86,92)/t54-,61?,66?,75-,80?/m0/s1. The lowest BCUT2D eigenvalue weighted by molar-refractivity contribution is -0.137. The van der Waals surface area contributed by atoms with Crippen LogP contribution in [-0.4, -0.2) is 256 Å². The number of aliphatic hydroxyl groups is 1. The van der Waals surface area contributed by atoms with Gasteiger partial charge in [-0.05, 0) is 77.8 Å². The van der Waals surface area contributed by atoms with Crippen LogP contribution in [0.1, 0.15) is 88.6 Å². The van der Waals surface area contributed by atoms with Crippen LogP contribution in [0.5, 0.6) is 23.0 Å². The molecule has 5 aromatic rings. The molecule has 5 N–H and O–H groups in total. The van der Waals surface area contributed by atoms with Crippen LogP contribution in [0, 0.1) is 5.92 Å². The molecule has 5 aromatic carbocycles. The Morgan fingerprint density at radius 2 is 1.05 bits per heavy atom. The highest BCUT2D eigenvalue weighted by Gasteiger charge is 2.46. The second-order valence-corrected chi connectivity index (χ2v) is 27.3. The highest BCUT2D eigenvalue weighted by Crippen LogP contribution is 2.43. The molecule has 0 radical (unpaired) electrons. The first-order chi connectivity index (χ1) is 54.9. The van der Waals surface area contributed by atoms with Crippen LogP contribution < -0.4 is 45.1 Å². The van der Waals surface area contributed by atoms with Crippen LogP contribution >= 0.6 is 0 Å². The van der Waals surface area contributed by atoms with Crippen LogP contribution in [0.2, 0.25) is 0 Å². The summed E-state index contributed by atoms with van der Waals surface area (Å²) in [6, 6.07) is 25.4. The molecule has 0 aliphatic carbocycles. The highest BCUT2D eigenvalue weighted by atomic mass is 16.6. The number of rotatable bonds is 46. The molecule has 10 rings (SSSR count). The number of ether oxygens (including phenoxy) is 13. The van der Waals surface area contributed by atoms with Crippen LogP contribution in [0.15, 0.2) is 114 Å². The Hall–Kier alpha value is -10.4. The molecule has 0 fully saturated rings. The van der Waals surface area contributed by atoms with E-state index in [1.54, 1.807) is 55.1 Å². The molecule has 3 unspecified atom stereocenters. The Morgan fingerprint density at radius 1 is 0.540 bits per heavy atom. The SMILES string of the molecule is COc1cc2c(cc1OCCCOc1cc3c(cc1OC)C(=O)N1Cc4ccccc4CC1C(O)N3C(=O)OCc1ccc(NC(=O)[C@H](C)NC(=O)[C@@H](NC(=O)CCOCCOCCOCCOCCOCCOCCOCCOCCNC(=O)CCN3C(=O)C=CC3=O)C(C)C)cc1)N=CC1Cc3ccccc3CN1C2=O. The second kappa shape index (κ2) is 43.6. The van der Waals surface area contributed by atoms with Crippen molar-refractivity contribution < 1.29 is 110 Å². The average molecular weight is 1570 g/mol. The number of imide groups is 1. The minimum absolute atomic E-state index is 0.0199. The summed E-state index contributed by atoms with van der Waals surface area (Å²) in [6.45, 7) is 11.4. The van der Waals surface area contributed by atoms with Crippen molar-refractivity contribution in [2.24, 2.45) is 10.9 Å². The predicted octanol–water partition coefficient (Wildman–Crippen LogP) is 5.42. The van der Waals surface area contributed by atoms with E-state index in [0.717, 1.165) is 26.5 Å². The fourth-order valence-corrected chi connectivity index (χ4v) is 13.0. The first-order valence-corrected chi connectivity index (χ1v) is 37.9. The molecule has 32 heteroatoms. The van der Waals surface area contributed by atoms with Crippen molar-refractivity contribution in [3.63, 3.8) is 0 Å². The summed E-state index contributed by atoms with van der Waals surface area (Å²) >= 11 is 0. The van der Waals surface area contributed by atoms with Gasteiger partial charge in [0.2, 0.25) is 23.6 Å². The van der Waals surface area contributed by atoms with E-state index in [2.05, 4.69) is 27.3 Å². The quantitative estimate of drug-likeness (QED) is 0.0240. The molecule has 32 nitrogen and oxygen atoms in total. The van der Waals surface area contributed by atoms with Crippen molar-refractivity contribution >= 4 is 76.6 Å². The summed E-state index contributed by atoms with van der Waals surface area (Å²) in [5.74, 6) is -2.44. The lowest BCUT2D eigenvalue weighted by Crippen LogP contribution is -2.55. The van der Waals surface area contributed by atoms with E-state index >= 15 is 0 Å². The fourth-order valence-electron chi connectivity index (χ4n) is 13.0. The van der Waals surface area contributed by atoms with Gasteiger partial charge in [0.15, 0.2) is 29.2 Å². The zero-order valence-corrected chi connectivity index (χ0v) is 64.4. The number of anilines is 2. The molecule has 608 valence electrons. The monoisotopic (exact) mass is 1570 g/mol. The number of hydrogen-bond acceptors (Lipinski definition) is 24. The number of methoxy groups -OCH3 is 2. The van der Waals surface area contributed by atoms with Gasteiger partial charge in [-0.15, -0.1) is 0 Å². The van der Waals surface area contributed by atoms with Gasteiger partial charge in [-0.3, -0.25) is 48.2 Å². The van der Waals surface area contributed by atoms with Crippen molar-refractivity contribution in [1.29, 1.82) is 0 Å². The van der Waals surface area contributed by atoms with E-state index in [0.29, 0.717) is 146 Å². The van der Waals surface area contributed by atoms with Crippen LogP contribution in [0.4, 0.5) is 21.9 Å². The molecule has 5 aliphatic heterocycles. The molecule has 113 heavy (non-hydrogen) atoms. The Balaban J connectivity index is 0.585. The molecular weight excluding hydrogens is 1470 g/mol. The number of nitrogens with one attached hydrogen (secondary N) is 4. The third-order valence-corrected chi connectivity index (χ3v) is 19.1. The first-order valence-electron chi connectivity index (χ1n) is 37.9. The number of aliphatic imine (C=N–C) groups is 1. The van der Waals surface area contributed by atoms with Gasteiger partial charge in [0.05, 0.1) is 168 Å². The Labute approximate surface area is 655 Å². The molecule has 0 aromatic heterocycles. The van der Waals surface area contributed by atoms with Gasteiger partial charge in [-0.1, -0.05) is 74.5 Å². The van der Waals surface area contributed by atoms with E-state index in [4.69, 9.17) is 66.6 Å². The van der Waals surface area contributed by atoms with Gasteiger partial charge >= 0.3 is 6.09 Å². The maximum Gasteiger partial charge on any atom is 0.416 e. The summed E-state index contributed by atoms with van der Waals surface area (Å²) in [5.41, 5.74) is 5.93. The van der Waals surface area contributed by atoms with Crippen molar-refractivity contribution in [1.82, 2.24) is 30.7 Å². The first kappa shape index (κ1) is 85.0. The molecule has 5 aliphatic rings. The van der Waals surface area contributed by atoms with E-state index < -0.39 is 65.9 Å². The summed E-state index contributed by atoms with van der Waals surface area (Å²) in [7, 11) is 2.94. The minimum Gasteiger partial charge on any atom is -0.493 e. The fraction of sp³-hybridized carbons (Fsp3) is 0.481. The second-order valence-electron chi connectivity index (χ2n) is 27.3. The Morgan fingerprint density at radius 3 is 1.62 bits per heavy atom. The Kier molecular flexibility index (Phi) is 32.8. The topological polar surface area (TPSA) is 367 Å². The zero-order valence-electron chi connectivity index (χ0n) is 64.4. The molecular formula is C81H101N9O23. The summed E-state index contributed by atoms with van der Waals surface area (Å²) in [6.07, 6.45) is 2.85. The lowest BCUT2D eigenvalue weighted by atomic mass is 9.93. The number of benzene rings is 5. The van der Waals surface area contributed by atoms with E-state index in [1.165, 1.54) is 51.0 Å². The van der Waals surface area contributed by atoms with Gasteiger partial charge in [0.1, 0.15) is 18.7 Å².